The number of piperidine rings is 1. The molecule has 0 radical (unpaired) electrons. The summed E-state index contributed by atoms with van der Waals surface area (Å²) in [6, 6.07) is 1.52. The standard InChI is InChI=1S/C11H22NO/c1-3-6-12(2)9-4-5-10(12)8-11(13)7-9/h9-11,13H,3-8H2,1-2H3/q+1. The maximum absolute atomic E-state index is 9.68. The highest BCUT2D eigenvalue weighted by molar-refractivity contribution is 4.85. The van der Waals surface area contributed by atoms with E-state index < -0.39 is 0 Å². The van der Waals surface area contributed by atoms with E-state index in [-0.39, 0.29) is 6.10 Å². The van der Waals surface area contributed by atoms with Crippen LogP contribution in [0.15, 0.2) is 0 Å². The van der Waals surface area contributed by atoms with E-state index in [1.54, 1.807) is 0 Å². The molecule has 2 heteroatoms. The lowest BCUT2D eigenvalue weighted by atomic mass is 9.96. The monoisotopic (exact) mass is 184 g/mol. The Morgan fingerprint density at radius 1 is 1.23 bits per heavy atom. The molecular formula is C11H22NO+. The smallest absolute Gasteiger partial charge is 0.0917 e. The highest BCUT2D eigenvalue weighted by Crippen LogP contribution is 2.41. The van der Waals surface area contributed by atoms with E-state index in [1.807, 2.05) is 0 Å². The molecule has 0 aromatic carbocycles. The van der Waals surface area contributed by atoms with Crippen LogP contribution in [0.1, 0.15) is 39.0 Å². The van der Waals surface area contributed by atoms with Gasteiger partial charge in [0.05, 0.1) is 31.8 Å². The summed E-state index contributed by atoms with van der Waals surface area (Å²) in [5.74, 6) is 0. The lowest BCUT2D eigenvalue weighted by molar-refractivity contribution is -0.949. The average molecular weight is 184 g/mol. The highest BCUT2D eigenvalue weighted by Gasteiger charge is 2.50. The Bertz CT molecular complexity index is 179. The quantitative estimate of drug-likeness (QED) is 0.645. The average Bonchev–Trinajstić information content (AvgIpc) is 2.31. The van der Waals surface area contributed by atoms with Gasteiger partial charge in [0.15, 0.2) is 0 Å². The fourth-order valence-electron chi connectivity index (χ4n) is 3.56. The van der Waals surface area contributed by atoms with Crippen LogP contribution in [0.25, 0.3) is 0 Å². The first-order chi connectivity index (χ1) is 6.16. The van der Waals surface area contributed by atoms with Gasteiger partial charge < -0.3 is 9.59 Å². The van der Waals surface area contributed by atoms with Crippen LogP contribution < -0.4 is 0 Å². The number of nitrogens with zero attached hydrogens (tertiary/aromatic N) is 1. The molecule has 0 amide bonds. The third-order valence-corrected chi connectivity index (χ3v) is 4.30. The lowest BCUT2D eigenvalue weighted by Crippen LogP contribution is -2.58. The van der Waals surface area contributed by atoms with Gasteiger partial charge >= 0.3 is 0 Å². The van der Waals surface area contributed by atoms with Crippen LogP contribution in [0, 0.1) is 0 Å². The second-order valence-corrected chi connectivity index (χ2v) is 5.08. The molecule has 2 rings (SSSR count). The topological polar surface area (TPSA) is 20.2 Å². The van der Waals surface area contributed by atoms with Crippen molar-refractivity contribution in [3.05, 3.63) is 0 Å². The van der Waals surface area contributed by atoms with Gasteiger partial charge in [-0.3, -0.25) is 0 Å². The van der Waals surface area contributed by atoms with Crippen molar-refractivity contribution in [2.75, 3.05) is 13.6 Å². The van der Waals surface area contributed by atoms with Gasteiger partial charge in [0.25, 0.3) is 0 Å². The molecule has 2 saturated heterocycles. The van der Waals surface area contributed by atoms with Crippen molar-refractivity contribution < 1.29 is 9.59 Å². The second-order valence-electron chi connectivity index (χ2n) is 5.08. The van der Waals surface area contributed by atoms with E-state index in [2.05, 4.69) is 14.0 Å². The summed E-state index contributed by atoms with van der Waals surface area (Å²) in [4.78, 5) is 0. The van der Waals surface area contributed by atoms with Crippen LogP contribution in [-0.4, -0.2) is 41.4 Å². The van der Waals surface area contributed by atoms with E-state index in [1.165, 1.54) is 30.3 Å². The van der Waals surface area contributed by atoms with Gasteiger partial charge in [0.2, 0.25) is 0 Å². The number of aliphatic hydroxyl groups excluding tert-OH is 1. The van der Waals surface area contributed by atoms with Crippen molar-refractivity contribution in [1.29, 1.82) is 0 Å². The van der Waals surface area contributed by atoms with Crippen LogP contribution in [-0.2, 0) is 0 Å². The molecule has 0 aromatic heterocycles. The van der Waals surface area contributed by atoms with Crippen molar-refractivity contribution in [2.45, 2.75) is 57.2 Å². The number of fused-ring (bicyclic) bond motifs is 2. The number of aliphatic hydroxyl groups is 1. The van der Waals surface area contributed by atoms with E-state index in [0.717, 1.165) is 24.9 Å². The molecule has 2 fully saturated rings. The van der Waals surface area contributed by atoms with E-state index in [4.69, 9.17) is 0 Å². The SMILES string of the molecule is CCC[N+]1(C)C2CCC1CC(O)C2. The number of hydrogen-bond acceptors (Lipinski definition) is 1. The predicted molar refractivity (Wildman–Crippen MR) is 53.4 cm³/mol. The van der Waals surface area contributed by atoms with Crippen LogP contribution in [0.4, 0.5) is 0 Å². The molecule has 0 saturated carbocycles. The molecule has 0 spiro atoms. The summed E-state index contributed by atoms with van der Waals surface area (Å²) in [6.07, 6.45) is 6.07. The number of quaternary nitrogens is 1. The molecule has 2 unspecified atom stereocenters. The van der Waals surface area contributed by atoms with Crippen molar-refractivity contribution in [3.63, 3.8) is 0 Å². The molecule has 0 aliphatic carbocycles. The molecule has 2 atom stereocenters. The van der Waals surface area contributed by atoms with Gasteiger partial charge in [-0.05, 0) is 6.42 Å². The summed E-state index contributed by atoms with van der Waals surface area (Å²) in [5, 5.41) is 9.68. The molecule has 13 heavy (non-hydrogen) atoms. The molecule has 0 aromatic rings. The maximum Gasteiger partial charge on any atom is 0.0917 e. The van der Waals surface area contributed by atoms with Gasteiger partial charge in [-0.25, -0.2) is 0 Å². The van der Waals surface area contributed by atoms with Crippen LogP contribution in [0.3, 0.4) is 0 Å². The predicted octanol–water partition coefficient (Wildman–Crippen LogP) is 1.53. The Hall–Kier alpha value is -0.0800. The first kappa shape index (κ1) is 9.47. The molecule has 2 bridgehead atoms. The Balaban J connectivity index is 2.13. The van der Waals surface area contributed by atoms with Crippen molar-refractivity contribution in [3.8, 4) is 0 Å². The van der Waals surface area contributed by atoms with Gasteiger partial charge in [-0.2, -0.15) is 0 Å². The van der Waals surface area contributed by atoms with E-state index >= 15 is 0 Å². The minimum absolute atomic E-state index is 0.000515. The summed E-state index contributed by atoms with van der Waals surface area (Å²) < 4.78 is 1.26. The fraction of sp³-hybridized carbons (Fsp3) is 1.00. The van der Waals surface area contributed by atoms with Gasteiger partial charge in [0, 0.05) is 25.7 Å². The van der Waals surface area contributed by atoms with Crippen molar-refractivity contribution in [1.82, 2.24) is 0 Å². The lowest BCUT2D eigenvalue weighted by Gasteiger charge is -2.46. The Labute approximate surface area is 81.1 Å². The normalized spacial score (nSPS) is 49.6. The third kappa shape index (κ3) is 1.40. The van der Waals surface area contributed by atoms with Gasteiger partial charge in [0.1, 0.15) is 0 Å². The molecule has 2 aliphatic rings. The summed E-state index contributed by atoms with van der Waals surface area (Å²) >= 11 is 0. The zero-order valence-electron chi connectivity index (χ0n) is 8.87. The van der Waals surface area contributed by atoms with Crippen molar-refractivity contribution in [2.24, 2.45) is 0 Å². The minimum Gasteiger partial charge on any atom is -0.393 e. The summed E-state index contributed by atoms with van der Waals surface area (Å²) in [5.41, 5.74) is 0. The summed E-state index contributed by atoms with van der Waals surface area (Å²) in [6.45, 7) is 3.58. The van der Waals surface area contributed by atoms with Crippen LogP contribution in [0.2, 0.25) is 0 Å². The number of rotatable bonds is 2. The van der Waals surface area contributed by atoms with Crippen LogP contribution in [0.5, 0.6) is 0 Å². The molecule has 2 heterocycles. The molecule has 76 valence electrons. The molecule has 2 nitrogen and oxygen atoms in total. The third-order valence-electron chi connectivity index (χ3n) is 4.30. The first-order valence-corrected chi connectivity index (χ1v) is 5.69. The Kier molecular flexibility index (Phi) is 2.37. The zero-order valence-corrected chi connectivity index (χ0v) is 8.87. The Morgan fingerprint density at radius 3 is 2.23 bits per heavy atom. The van der Waals surface area contributed by atoms with E-state index in [0.29, 0.717) is 0 Å². The molecule has 1 N–H and O–H groups in total. The highest BCUT2D eigenvalue weighted by atomic mass is 16.3. The first-order valence-electron chi connectivity index (χ1n) is 5.69. The number of hydrogen-bond donors (Lipinski definition) is 1. The fourth-order valence-corrected chi connectivity index (χ4v) is 3.56. The maximum atomic E-state index is 9.68. The minimum atomic E-state index is 0.000515. The van der Waals surface area contributed by atoms with Gasteiger partial charge in [-0.15, -0.1) is 0 Å². The van der Waals surface area contributed by atoms with Crippen molar-refractivity contribution >= 4 is 0 Å². The zero-order chi connectivity index (χ0) is 9.47. The van der Waals surface area contributed by atoms with Gasteiger partial charge in [-0.1, -0.05) is 6.92 Å². The van der Waals surface area contributed by atoms with Crippen LogP contribution >= 0.6 is 0 Å². The summed E-state index contributed by atoms with van der Waals surface area (Å²) in [7, 11) is 2.40. The largest absolute Gasteiger partial charge is 0.393 e. The molecular weight excluding hydrogens is 162 g/mol. The molecule has 2 aliphatic heterocycles. The Morgan fingerprint density at radius 2 is 1.77 bits per heavy atom. The van der Waals surface area contributed by atoms with E-state index in [9.17, 15) is 5.11 Å². The second kappa shape index (κ2) is 3.25.